The largest absolute Gasteiger partial charge is 0.497 e. The molecule has 1 saturated heterocycles. The number of carbonyl (C=O) groups is 2. The maximum absolute atomic E-state index is 13.1. The highest BCUT2D eigenvalue weighted by atomic mass is 16.5. The molecule has 32 heavy (non-hydrogen) atoms. The van der Waals surface area contributed by atoms with E-state index in [0.717, 1.165) is 31.7 Å². The van der Waals surface area contributed by atoms with E-state index in [0.29, 0.717) is 17.2 Å². The molecule has 7 heteroatoms. The molecule has 0 aliphatic carbocycles. The number of nitrogens with one attached hydrogen (secondary N) is 2. The first-order valence-corrected chi connectivity index (χ1v) is 11.2. The summed E-state index contributed by atoms with van der Waals surface area (Å²) in [6.45, 7) is 8.66. The Bertz CT molecular complexity index is 886. The van der Waals surface area contributed by atoms with Gasteiger partial charge in [0.25, 0.3) is 5.91 Å². The van der Waals surface area contributed by atoms with Gasteiger partial charge in [0.05, 0.1) is 12.8 Å². The molecular formula is C25H34N4O3. The minimum Gasteiger partial charge on any atom is -0.497 e. The number of benzene rings is 1. The topological polar surface area (TPSA) is 83.6 Å². The van der Waals surface area contributed by atoms with Crippen LogP contribution in [0.2, 0.25) is 0 Å². The average Bonchev–Trinajstić information content (AvgIpc) is 2.79. The zero-order valence-corrected chi connectivity index (χ0v) is 19.4. The number of piperidine rings is 1. The van der Waals surface area contributed by atoms with Crippen molar-refractivity contribution >= 4 is 11.8 Å². The quantitative estimate of drug-likeness (QED) is 0.662. The molecule has 7 nitrogen and oxygen atoms in total. The van der Waals surface area contributed by atoms with Crippen molar-refractivity contribution in [2.45, 2.75) is 45.8 Å². The van der Waals surface area contributed by atoms with Gasteiger partial charge >= 0.3 is 0 Å². The van der Waals surface area contributed by atoms with Crippen molar-refractivity contribution in [3.05, 3.63) is 59.9 Å². The van der Waals surface area contributed by atoms with Gasteiger partial charge < -0.3 is 15.4 Å². The number of rotatable bonds is 8. The van der Waals surface area contributed by atoms with E-state index in [9.17, 15) is 9.59 Å². The third-order valence-electron chi connectivity index (χ3n) is 6.02. The van der Waals surface area contributed by atoms with Crippen LogP contribution in [0.25, 0.3) is 0 Å². The number of methoxy groups -OCH3 is 1. The molecule has 0 saturated carbocycles. The third kappa shape index (κ3) is 6.29. The van der Waals surface area contributed by atoms with Crippen LogP contribution in [0.4, 0.5) is 0 Å². The van der Waals surface area contributed by atoms with Crippen LogP contribution in [0.3, 0.4) is 0 Å². The highest BCUT2D eigenvalue weighted by Crippen LogP contribution is 2.19. The van der Waals surface area contributed by atoms with E-state index in [2.05, 4.69) is 27.4 Å². The first-order valence-electron chi connectivity index (χ1n) is 11.2. The van der Waals surface area contributed by atoms with E-state index in [-0.39, 0.29) is 23.8 Å². The Morgan fingerprint density at radius 3 is 2.53 bits per heavy atom. The second-order valence-corrected chi connectivity index (χ2v) is 8.86. The molecule has 2 amide bonds. The standard InChI is InChI=1S/C25H34N4O3/c1-17(2)23(28-24(30)19-8-10-21(32-4)11-9-19)25(31)27-22-12-14-29(15-18(22)3)16-20-7-5-6-13-26-20/h5-11,13,17-18,22-23H,12,14-16H2,1-4H3,(H,27,31)(H,28,30). The number of hydrogen-bond donors (Lipinski definition) is 2. The summed E-state index contributed by atoms with van der Waals surface area (Å²) in [6, 6.07) is 12.3. The van der Waals surface area contributed by atoms with Crippen molar-refractivity contribution in [1.82, 2.24) is 20.5 Å². The average molecular weight is 439 g/mol. The summed E-state index contributed by atoms with van der Waals surface area (Å²) in [4.78, 5) is 32.5. The SMILES string of the molecule is COc1ccc(C(=O)NC(C(=O)NC2CCN(Cc3ccccn3)CC2C)C(C)C)cc1. The van der Waals surface area contributed by atoms with Crippen LogP contribution < -0.4 is 15.4 Å². The van der Waals surface area contributed by atoms with E-state index < -0.39 is 6.04 Å². The Kier molecular flexibility index (Phi) is 8.22. The number of carbonyl (C=O) groups excluding carboxylic acids is 2. The highest BCUT2D eigenvalue weighted by Gasteiger charge is 2.31. The van der Waals surface area contributed by atoms with Gasteiger partial charge in [-0.05, 0) is 54.7 Å². The monoisotopic (exact) mass is 438 g/mol. The number of likely N-dealkylation sites (tertiary alicyclic amines) is 1. The number of nitrogens with zero attached hydrogens (tertiary/aromatic N) is 2. The van der Waals surface area contributed by atoms with Crippen LogP contribution in [-0.2, 0) is 11.3 Å². The van der Waals surface area contributed by atoms with Gasteiger partial charge in [-0.1, -0.05) is 26.8 Å². The summed E-state index contributed by atoms with van der Waals surface area (Å²) in [5, 5.41) is 6.10. The minimum absolute atomic E-state index is 0.0308. The van der Waals surface area contributed by atoms with Gasteiger partial charge in [0.2, 0.25) is 5.91 Å². The molecule has 2 aromatic rings. The molecule has 0 spiro atoms. The van der Waals surface area contributed by atoms with Gasteiger partial charge in [-0.2, -0.15) is 0 Å². The second-order valence-electron chi connectivity index (χ2n) is 8.86. The van der Waals surface area contributed by atoms with Gasteiger partial charge in [-0.25, -0.2) is 0 Å². The molecule has 2 N–H and O–H groups in total. The lowest BCUT2D eigenvalue weighted by Crippen LogP contribution is -2.56. The summed E-state index contributed by atoms with van der Waals surface area (Å²) in [6.07, 6.45) is 2.69. The predicted octanol–water partition coefficient (Wildman–Crippen LogP) is 2.87. The van der Waals surface area contributed by atoms with Crippen molar-refractivity contribution in [2.75, 3.05) is 20.2 Å². The molecule has 1 aliphatic heterocycles. The minimum atomic E-state index is -0.594. The normalized spacial score (nSPS) is 19.9. The predicted molar refractivity (Wildman–Crippen MR) is 124 cm³/mol. The van der Waals surface area contributed by atoms with Crippen molar-refractivity contribution in [3.63, 3.8) is 0 Å². The van der Waals surface area contributed by atoms with Crippen molar-refractivity contribution in [2.24, 2.45) is 11.8 Å². The zero-order valence-electron chi connectivity index (χ0n) is 19.4. The van der Waals surface area contributed by atoms with Crippen LogP contribution in [0.15, 0.2) is 48.7 Å². The maximum atomic E-state index is 13.1. The van der Waals surface area contributed by atoms with Crippen molar-refractivity contribution < 1.29 is 14.3 Å². The second kappa shape index (κ2) is 11.1. The number of ether oxygens (including phenoxy) is 1. The van der Waals surface area contributed by atoms with E-state index in [1.54, 1.807) is 31.4 Å². The Balaban J connectivity index is 1.55. The first kappa shape index (κ1) is 23.7. The first-order chi connectivity index (χ1) is 15.4. The van der Waals surface area contributed by atoms with Crippen molar-refractivity contribution in [1.29, 1.82) is 0 Å². The van der Waals surface area contributed by atoms with Gasteiger partial charge in [-0.15, -0.1) is 0 Å². The maximum Gasteiger partial charge on any atom is 0.251 e. The van der Waals surface area contributed by atoms with E-state index >= 15 is 0 Å². The Labute approximate surface area is 190 Å². The fourth-order valence-corrected chi connectivity index (χ4v) is 4.09. The number of aromatic nitrogens is 1. The van der Waals surface area contributed by atoms with E-state index in [1.165, 1.54) is 0 Å². The molecule has 1 aromatic carbocycles. The van der Waals surface area contributed by atoms with Crippen LogP contribution >= 0.6 is 0 Å². The molecule has 0 radical (unpaired) electrons. The molecule has 1 fully saturated rings. The lowest BCUT2D eigenvalue weighted by Gasteiger charge is -2.38. The summed E-state index contributed by atoms with van der Waals surface area (Å²) < 4.78 is 5.14. The number of amides is 2. The van der Waals surface area contributed by atoms with Crippen LogP contribution in [0.5, 0.6) is 5.75 Å². The van der Waals surface area contributed by atoms with Gasteiger partial charge in [-0.3, -0.25) is 19.5 Å². The molecule has 3 unspecified atom stereocenters. The van der Waals surface area contributed by atoms with E-state index in [1.807, 2.05) is 38.2 Å². The van der Waals surface area contributed by atoms with Gasteiger partial charge in [0.1, 0.15) is 11.8 Å². The van der Waals surface area contributed by atoms with Crippen LogP contribution in [0.1, 0.15) is 43.2 Å². The Morgan fingerprint density at radius 2 is 1.94 bits per heavy atom. The molecule has 3 rings (SSSR count). The number of pyridine rings is 1. The van der Waals surface area contributed by atoms with Gasteiger partial charge in [0, 0.05) is 37.4 Å². The lowest BCUT2D eigenvalue weighted by molar-refractivity contribution is -0.125. The highest BCUT2D eigenvalue weighted by molar-refractivity contribution is 5.97. The molecule has 3 atom stereocenters. The fourth-order valence-electron chi connectivity index (χ4n) is 4.09. The number of hydrogen-bond acceptors (Lipinski definition) is 5. The van der Waals surface area contributed by atoms with Crippen molar-refractivity contribution in [3.8, 4) is 5.75 Å². The Morgan fingerprint density at radius 1 is 1.19 bits per heavy atom. The summed E-state index contributed by atoms with van der Waals surface area (Å²) in [5.41, 5.74) is 1.56. The third-order valence-corrected chi connectivity index (χ3v) is 6.02. The molecular weight excluding hydrogens is 404 g/mol. The van der Waals surface area contributed by atoms with Crippen LogP contribution in [-0.4, -0.2) is 54.0 Å². The lowest BCUT2D eigenvalue weighted by atomic mass is 9.92. The molecule has 172 valence electrons. The molecule has 1 aromatic heterocycles. The Hall–Kier alpha value is -2.93. The molecule has 0 bridgehead atoms. The van der Waals surface area contributed by atoms with Crippen LogP contribution in [0, 0.1) is 11.8 Å². The fraction of sp³-hybridized carbons (Fsp3) is 0.480. The van der Waals surface area contributed by atoms with Gasteiger partial charge in [0.15, 0.2) is 0 Å². The zero-order chi connectivity index (χ0) is 23.1. The summed E-state index contributed by atoms with van der Waals surface area (Å²) in [5.74, 6) is 0.568. The smallest absolute Gasteiger partial charge is 0.251 e. The molecule has 2 heterocycles. The molecule has 1 aliphatic rings. The summed E-state index contributed by atoms with van der Waals surface area (Å²) in [7, 11) is 1.58. The summed E-state index contributed by atoms with van der Waals surface area (Å²) >= 11 is 0. The van der Waals surface area contributed by atoms with E-state index in [4.69, 9.17) is 4.74 Å².